The first kappa shape index (κ1) is 26.5. The Balaban J connectivity index is 2.20. The predicted molar refractivity (Wildman–Crippen MR) is 132 cm³/mol. The predicted octanol–water partition coefficient (Wildman–Crippen LogP) is 4.65. The van der Waals surface area contributed by atoms with Crippen molar-refractivity contribution in [1.82, 2.24) is 0 Å². The summed E-state index contributed by atoms with van der Waals surface area (Å²) >= 11 is 0. The minimum absolute atomic E-state index is 0.0105. The number of phenolic OH excluding ortho intramolecular Hbond substituents is 1. The van der Waals surface area contributed by atoms with Gasteiger partial charge in [-0.2, -0.15) is 0 Å². The molecule has 0 atom stereocenters. The molecule has 12 nitrogen and oxygen atoms in total. The highest BCUT2D eigenvalue weighted by molar-refractivity contribution is 7.90. The van der Waals surface area contributed by atoms with Gasteiger partial charge in [-0.1, -0.05) is 31.2 Å². The third-order valence-electron chi connectivity index (χ3n) is 5.03. The summed E-state index contributed by atoms with van der Waals surface area (Å²) in [5.74, 6) is -0.850. The summed E-state index contributed by atoms with van der Waals surface area (Å²) in [7, 11) is -2.54. The fourth-order valence-electron chi connectivity index (χ4n) is 3.26. The molecular weight excluding hydrogens is 492 g/mol. The Hall–Kier alpha value is -4.10. The Morgan fingerprint density at radius 2 is 1.83 bits per heavy atom. The average Bonchev–Trinajstić information content (AvgIpc) is 2.83. The average molecular weight is 517 g/mol. The van der Waals surface area contributed by atoms with Crippen LogP contribution in [0.3, 0.4) is 0 Å². The first-order valence-corrected chi connectivity index (χ1v) is 12.6. The Morgan fingerprint density at radius 1 is 1.14 bits per heavy atom. The summed E-state index contributed by atoms with van der Waals surface area (Å²) in [5, 5.41) is 34.1. The maximum absolute atomic E-state index is 12.4. The Kier molecular flexibility index (Phi) is 8.17. The zero-order chi connectivity index (χ0) is 26.5. The molecule has 0 aliphatic heterocycles. The number of rotatable bonds is 10. The zero-order valence-corrected chi connectivity index (χ0v) is 20.5. The lowest BCUT2D eigenvalue weighted by Gasteiger charge is -2.12. The summed E-state index contributed by atoms with van der Waals surface area (Å²) in [4.78, 5) is 22.4. The van der Waals surface area contributed by atoms with Gasteiger partial charge in [0.15, 0.2) is 15.6 Å². The van der Waals surface area contributed by atoms with Gasteiger partial charge in [-0.15, -0.1) is 10.2 Å². The highest BCUT2D eigenvalue weighted by atomic mass is 32.2. The zero-order valence-electron chi connectivity index (χ0n) is 19.7. The molecule has 36 heavy (non-hydrogen) atoms. The van der Waals surface area contributed by atoms with Gasteiger partial charge in [0.2, 0.25) is 5.91 Å². The normalized spacial score (nSPS) is 11.6. The number of hydrogen-bond acceptors (Lipinski definition) is 10. The van der Waals surface area contributed by atoms with Crippen LogP contribution < -0.4 is 10.1 Å². The number of azo groups is 1. The molecule has 0 heterocycles. The highest BCUT2D eigenvalue weighted by Gasteiger charge is 2.25. The third-order valence-corrected chi connectivity index (χ3v) is 6.16. The number of benzene rings is 3. The van der Waals surface area contributed by atoms with Crippen molar-refractivity contribution in [3.63, 3.8) is 0 Å². The number of sulfone groups is 1. The van der Waals surface area contributed by atoms with E-state index >= 15 is 0 Å². The first-order chi connectivity index (χ1) is 17.1. The number of carbonyl (C=O) groups is 1. The minimum atomic E-state index is -3.97. The second-order valence-electron chi connectivity index (χ2n) is 7.60. The van der Waals surface area contributed by atoms with Gasteiger partial charge in [0, 0.05) is 37.3 Å². The van der Waals surface area contributed by atoms with Gasteiger partial charge in [0.05, 0.1) is 11.5 Å². The van der Waals surface area contributed by atoms with E-state index in [1.54, 1.807) is 37.3 Å². The van der Waals surface area contributed by atoms with E-state index in [0.29, 0.717) is 10.8 Å². The Labute approximate surface area is 206 Å². The topological polar surface area (TPSA) is 170 Å². The van der Waals surface area contributed by atoms with Gasteiger partial charge < -0.3 is 19.9 Å². The molecule has 13 heteroatoms. The maximum atomic E-state index is 12.4. The summed E-state index contributed by atoms with van der Waals surface area (Å²) in [6.45, 7) is 1.74. The minimum Gasteiger partial charge on any atom is -0.505 e. The molecule has 0 saturated carbocycles. The highest BCUT2D eigenvalue weighted by Crippen LogP contribution is 2.43. The molecule has 3 aromatic rings. The SMILES string of the molecule is CCC(=O)Nc1c(N=Nc2cc(OCCOC)c([N+](=O)[O-])cc2S(C)(=O)=O)cc2ccccc2c1O. The van der Waals surface area contributed by atoms with Gasteiger partial charge in [-0.05, 0) is 11.5 Å². The number of aromatic hydroxyl groups is 1. The van der Waals surface area contributed by atoms with Gasteiger partial charge >= 0.3 is 5.69 Å². The number of methoxy groups -OCH3 is 1. The molecule has 0 saturated heterocycles. The Morgan fingerprint density at radius 3 is 2.47 bits per heavy atom. The van der Waals surface area contributed by atoms with Crippen LogP contribution in [0.2, 0.25) is 0 Å². The number of amides is 1. The van der Waals surface area contributed by atoms with Crippen LogP contribution in [0.5, 0.6) is 11.5 Å². The lowest BCUT2D eigenvalue weighted by Crippen LogP contribution is -2.09. The number of nitrogens with one attached hydrogen (secondary N) is 1. The van der Waals surface area contributed by atoms with Crippen LogP contribution in [0.1, 0.15) is 13.3 Å². The van der Waals surface area contributed by atoms with E-state index in [0.717, 1.165) is 18.4 Å². The number of nitro groups is 1. The van der Waals surface area contributed by atoms with Crippen molar-refractivity contribution in [2.45, 2.75) is 18.2 Å². The second-order valence-corrected chi connectivity index (χ2v) is 9.58. The van der Waals surface area contributed by atoms with Crippen LogP contribution in [0.15, 0.2) is 57.6 Å². The molecule has 3 rings (SSSR count). The van der Waals surface area contributed by atoms with Crippen molar-refractivity contribution in [2.24, 2.45) is 10.2 Å². The van der Waals surface area contributed by atoms with Crippen molar-refractivity contribution in [1.29, 1.82) is 0 Å². The number of carbonyl (C=O) groups excluding carboxylic acids is 1. The molecule has 190 valence electrons. The molecule has 0 radical (unpaired) electrons. The molecule has 0 spiro atoms. The molecule has 0 aliphatic carbocycles. The van der Waals surface area contributed by atoms with Gasteiger partial charge in [0.1, 0.15) is 34.3 Å². The quantitative estimate of drug-likeness (QED) is 0.129. The summed E-state index contributed by atoms with van der Waals surface area (Å²) < 4.78 is 35.1. The van der Waals surface area contributed by atoms with E-state index in [1.807, 2.05) is 0 Å². The van der Waals surface area contributed by atoms with Crippen molar-refractivity contribution in [3.8, 4) is 11.5 Å². The standard InChI is InChI=1S/C23H24N4O8S/c1-4-21(28)24-22-17(11-14-7-5-6-8-15(14)23(22)29)26-25-16-12-19(35-10-9-34-2)18(27(30)31)13-20(16)36(3,32)33/h5-8,11-13,29H,4,9-10H2,1-3H3,(H,24,28). The number of phenols is 1. The van der Waals surface area contributed by atoms with Crippen LogP contribution in [0.25, 0.3) is 10.8 Å². The molecule has 0 unspecified atom stereocenters. The Bertz CT molecular complexity index is 1450. The monoisotopic (exact) mass is 516 g/mol. The first-order valence-electron chi connectivity index (χ1n) is 10.7. The number of hydrogen-bond donors (Lipinski definition) is 2. The molecule has 1 amide bonds. The fraction of sp³-hybridized carbons (Fsp3) is 0.261. The van der Waals surface area contributed by atoms with Crippen LogP contribution >= 0.6 is 0 Å². The van der Waals surface area contributed by atoms with Gasteiger partial charge in [-0.25, -0.2) is 8.42 Å². The molecule has 2 N–H and O–H groups in total. The van der Waals surface area contributed by atoms with Crippen molar-refractivity contribution >= 4 is 49.3 Å². The van der Waals surface area contributed by atoms with Gasteiger partial charge in [0.25, 0.3) is 0 Å². The lowest BCUT2D eigenvalue weighted by atomic mass is 10.1. The van der Waals surface area contributed by atoms with Crippen LogP contribution in [-0.2, 0) is 19.4 Å². The van der Waals surface area contributed by atoms with E-state index in [-0.39, 0.29) is 48.2 Å². The van der Waals surface area contributed by atoms with E-state index in [4.69, 9.17) is 9.47 Å². The number of anilines is 1. The number of nitro benzene ring substituents is 1. The number of ether oxygens (including phenoxy) is 2. The lowest BCUT2D eigenvalue weighted by molar-refractivity contribution is -0.386. The number of nitrogens with zero attached hydrogens (tertiary/aromatic N) is 3. The van der Waals surface area contributed by atoms with Crippen LogP contribution in [0.4, 0.5) is 22.7 Å². The summed E-state index contributed by atoms with van der Waals surface area (Å²) in [6.07, 6.45) is 1.01. The van der Waals surface area contributed by atoms with Crippen molar-refractivity contribution < 1.29 is 32.7 Å². The molecule has 0 bridgehead atoms. The smallest absolute Gasteiger partial charge is 0.312 e. The summed E-state index contributed by atoms with van der Waals surface area (Å²) in [6, 6.07) is 10.3. The van der Waals surface area contributed by atoms with Crippen LogP contribution in [-0.4, -0.2) is 50.9 Å². The molecule has 0 fully saturated rings. The van der Waals surface area contributed by atoms with E-state index in [9.17, 15) is 28.4 Å². The maximum Gasteiger partial charge on any atom is 0.312 e. The van der Waals surface area contributed by atoms with Crippen molar-refractivity contribution in [3.05, 3.63) is 52.6 Å². The van der Waals surface area contributed by atoms with E-state index in [2.05, 4.69) is 15.5 Å². The summed E-state index contributed by atoms with van der Waals surface area (Å²) in [5.41, 5.74) is -0.753. The molecular formula is C23H24N4O8S. The van der Waals surface area contributed by atoms with E-state index < -0.39 is 31.3 Å². The van der Waals surface area contributed by atoms with E-state index in [1.165, 1.54) is 7.11 Å². The molecule has 3 aromatic carbocycles. The number of fused-ring (bicyclic) bond motifs is 1. The molecule has 0 aliphatic rings. The van der Waals surface area contributed by atoms with Gasteiger partial charge in [-0.3, -0.25) is 14.9 Å². The fourth-order valence-corrected chi connectivity index (χ4v) is 4.06. The largest absolute Gasteiger partial charge is 0.505 e. The second kappa shape index (κ2) is 11.1. The van der Waals surface area contributed by atoms with Crippen molar-refractivity contribution in [2.75, 3.05) is 31.9 Å². The van der Waals surface area contributed by atoms with Crippen LogP contribution in [0, 0.1) is 10.1 Å². The molecule has 0 aromatic heterocycles. The third kappa shape index (κ3) is 5.93.